The van der Waals surface area contributed by atoms with Crippen molar-refractivity contribution in [3.8, 4) is 17.0 Å². The second-order valence-electron chi connectivity index (χ2n) is 3.72. The predicted molar refractivity (Wildman–Crippen MR) is 67.1 cm³/mol. The molecule has 5 heteroatoms. The molecule has 1 heterocycles. The van der Waals surface area contributed by atoms with Gasteiger partial charge in [-0.05, 0) is 24.3 Å². The van der Waals surface area contributed by atoms with Crippen LogP contribution in [0.2, 0.25) is 0 Å². The van der Waals surface area contributed by atoms with E-state index in [2.05, 4.69) is 9.72 Å². The first-order chi connectivity index (χ1) is 9.20. The topological polar surface area (TPSA) is 48.4 Å². The van der Waals surface area contributed by atoms with Gasteiger partial charge in [0.25, 0.3) is 0 Å². The summed E-state index contributed by atoms with van der Waals surface area (Å²) in [5, 5.41) is 0. The van der Waals surface area contributed by atoms with Crippen LogP contribution in [-0.2, 0) is 9.53 Å². The molecule has 2 aromatic rings. The molecule has 4 nitrogen and oxygen atoms in total. The SMILES string of the molecule is COC(=O)COc1ccc(-c2ccccc2F)nc1. The largest absolute Gasteiger partial charge is 0.480 e. The minimum absolute atomic E-state index is 0.183. The monoisotopic (exact) mass is 261 g/mol. The van der Waals surface area contributed by atoms with Crippen LogP contribution in [0.5, 0.6) is 5.75 Å². The molecule has 19 heavy (non-hydrogen) atoms. The lowest BCUT2D eigenvalue weighted by molar-refractivity contribution is -0.142. The van der Waals surface area contributed by atoms with Gasteiger partial charge in [0, 0.05) is 5.56 Å². The number of carbonyl (C=O) groups excluding carboxylic acids is 1. The van der Waals surface area contributed by atoms with Gasteiger partial charge in [-0.15, -0.1) is 0 Å². The highest BCUT2D eigenvalue weighted by molar-refractivity contribution is 5.70. The minimum atomic E-state index is -0.474. The van der Waals surface area contributed by atoms with Crippen molar-refractivity contribution in [3.63, 3.8) is 0 Å². The first-order valence-electron chi connectivity index (χ1n) is 5.61. The Morgan fingerprint density at radius 2 is 2.05 bits per heavy atom. The number of hydrogen-bond donors (Lipinski definition) is 0. The molecule has 0 bridgehead atoms. The van der Waals surface area contributed by atoms with E-state index in [1.165, 1.54) is 19.4 Å². The average molecular weight is 261 g/mol. The maximum absolute atomic E-state index is 13.5. The van der Waals surface area contributed by atoms with E-state index in [-0.39, 0.29) is 12.4 Å². The third-order valence-corrected chi connectivity index (χ3v) is 2.47. The van der Waals surface area contributed by atoms with Gasteiger partial charge in [-0.3, -0.25) is 4.98 Å². The van der Waals surface area contributed by atoms with Crippen LogP contribution in [0.15, 0.2) is 42.6 Å². The van der Waals surface area contributed by atoms with E-state index in [1.807, 2.05) is 0 Å². The molecule has 0 fully saturated rings. The Bertz CT molecular complexity index is 569. The van der Waals surface area contributed by atoms with Gasteiger partial charge in [0.2, 0.25) is 0 Å². The van der Waals surface area contributed by atoms with Crippen LogP contribution in [0.1, 0.15) is 0 Å². The predicted octanol–water partition coefficient (Wildman–Crippen LogP) is 2.44. The van der Waals surface area contributed by atoms with E-state index < -0.39 is 5.97 Å². The van der Waals surface area contributed by atoms with Crippen molar-refractivity contribution < 1.29 is 18.7 Å². The summed E-state index contributed by atoms with van der Waals surface area (Å²) in [6.07, 6.45) is 1.44. The van der Waals surface area contributed by atoms with Crippen molar-refractivity contribution >= 4 is 5.97 Å². The lowest BCUT2D eigenvalue weighted by Crippen LogP contribution is -2.12. The van der Waals surface area contributed by atoms with E-state index in [9.17, 15) is 9.18 Å². The Morgan fingerprint density at radius 1 is 1.26 bits per heavy atom. The maximum atomic E-state index is 13.5. The highest BCUT2D eigenvalue weighted by Crippen LogP contribution is 2.22. The van der Waals surface area contributed by atoms with E-state index in [4.69, 9.17) is 4.74 Å². The Balaban J connectivity index is 2.11. The number of halogens is 1. The Hall–Kier alpha value is -2.43. The Labute approximate surface area is 109 Å². The summed E-state index contributed by atoms with van der Waals surface area (Å²) in [5.41, 5.74) is 0.922. The number of esters is 1. The van der Waals surface area contributed by atoms with Gasteiger partial charge in [-0.25, -0.2) is 9.18 Å². The molecule has 0 aliphatic carbocycles. The molecule has 0 unspecified atom stereocenters. The van der Waals surface area contributed by atoms with Crippen molar-refractivity contribution in [1.82, 2.24) is 4.98 Å². The average Bonchev–Trinajstić information content (AvgIpc) is 2.46. The molecule has 0 saturated heterocycles. The van der Waals surface area contributed by atoms with Gasteiger partial charge in [-0.2, -0.15) is 0 Å². The molecule has 0 aliphatic rings. The first-order valence-corrected chi connectivity index (χ1v) is 5.61. The van der Waals surface area contributed by atoms with Crippen molar-refractivity contribution in [2.75, 3.05) is 13.7 Å². The molecule has 0 amide bonds. The Morgan fingerprint density at radius 3 is 2.68 bits per heavy atom. The number of rotatable bonds is 4. The van der Waals surface area contributed by atoms with Gasteiger partial charge in [0.15, 0.2) is 6.61 Å². The molecule has 0 saturated carbocycles. The zero-order chi connectivity index (χ0) is 13.7. The summed E-state index contributed by atoms with van der Waals surface area (Å²) >= 11 is 0. The smallest absolute Gasteiger partial charge is 0.343 e. The quantitative estimate of drug-likeness (QED) is 0.793. The number of aromatic nitrogens is 1. The fourth-order valence-corrected chi connectivity index (χ4v) is 1.50. The van der Waals surface area contributed by atoms with Crippen LogP contribution < -0.4 is 4.74 Å². The molecule has 1 aromatic carbocycles. The third-order valence-electron chi connectivity index (χ3n) is 2.47. The highest BCUT2D eigenvalue weighted by atomic mass is 19.1. The minimum Gasteiger partial charge on any atom is -0.480 e. The zero-order valence-electron chi connectivity index (χ0n) is 10.3. The van der Waals surface area contributed by atoms with Gasteiger partial charge in [-0.1, -0.05) is 12.1 Å². The van der Waals surface area contributed by atoms with E-state index in [1.54, 1.807) is 30.3 Å². The summed E-state index contributed by atoms with van der Waals surface area (Å²) in [6, 6.07) is 9.63. The molecule has 98 valence electrons. The van der Waals surface area contributed by atoms with Crippen LogP contribution in [0, 0.1) is 5.82 Å². The fraction of sp³-hybridized carbons (Fsp3) is 0.143. The maximum Gasteiger partial charge on any atom is 0.343 e. The molecule has 0 radical (unpaired) electrons. The molecular weight excluding hydrogens is 249 g/mol. The molecule has 0 spiro atoms. The molecule has 2 rings (SSSR count). The van der Waals surface area contributed by atoms with Gasteiger partial charge in [0.05, 0.1) is 19.0 Å². The number of ether oxygens (including phenoxy) is 2. The third kappa shape index (κ3) is 3.28. The molecule has 1 aromatic heterocycles. The van der Waals surface area contributed by atoms with Crippen LogP contribution >= 0.6 is 0 Å². The number of nitrogens with zero attached hydrogens (tertiary/aromatic N) is 1. The van der Waals surface area contributed by atoms with E-state index in [0.29, 0.717) is 17.0 Å². The lowest BCUT2D eigenvalue weighted by atomic mass is 10.1. The summed E-state index contributed by atoms with van der Waals surface area (Å²) in [7, 11) is 1.28. The summed E-state index contributed by atoms with van der Waals surface area (Å²) in [4.78, 5) is 15.0. The normalized spacial score (nSPS) is 10.0. The van der Waals surface area contributed by atoms with Crippen molar-refractivity contribution in [1.29, 1.82) is 0 Å². The first kappa shape index (κ1) is 13.0. The molecule has 0 N–H and O–H groups in total. The van der Waals surface area contributed by atoms with Crippen molar-refractivity contribution in [3.05, 3.63) is 48.4 Å². The van der Waals surface area contributed by atoms with Crippen molar-refractivity contribution in [2.45, 2.75) is 0 Å². The van der Waals surface area contributed by atoms with Crippen molar-refractivity contribution in [2.24, 2.45) is 0 Å². The second-order valence-corrected chi connectivity index (χ2v) is 3.72. The summed E-state index contributed by atoms with van der Waals surface area (Å²) < 4.78 is 23.1. The van der Waals surface area contributed by atoms with E-state index in [0.717, 1.165) is 0 Å². The second kappa shape index (κ2) is 5.95. The summed E-state index contributed by atoms with van der Waals surface area (Å²) in [6.45, 7) is -0.183. The zero-order valence-corrected chi connectivity index (χ0v) is 10.3. The molecule has 0 aliphatic heterocycles. The fourth-order valence-electron chi connectivity index (χ4n) is 1.50. The van der Waals surface area contributed by atoms with Gasteiger partial charge >= 0.3 is 5.97 Å². The van der Waals surface area contributed by atoms with Crippen LogP contribution in [0.25, 0.3) is 11.3 Å². The lowest BCUT2D eigenvalue weighted by Gasteiger charge is -2.06. The standard InChI is InChI=1S/C14H12FNO3/c1-18-14(17)9-19-10-6-7-13(16-8-10)11-4-2-3-5-12(11)15/h2-8H,9H2,1H3. The van der Waals surface area contributed by atoms with Gasteiger partial charge < -0.3 is 9.47 Å². The van der Waals surface area contributed by atoms with Crippen LogP contribution in [-0.4, -0.2) is 24.7 Å². The molecular formula is C14H12FNO3. The van der Waals surface area contributed by atoms with E-state index >= 15 is 0 Å². The van der Waals surface area contributed by atoms with Gasteiger partial charge in [0.1, 0.15) is 11.6 Å². The number of carbonyl (C=O) groups is 1. The summed E-state index contributed by atoms with van der Waals surface area (Å²) in [5.74, 6) is -0.387. The van der Waals surface area contributed by atoms with Crippen LogP contribution in [0.4, 0.5) is 4.39 Å². The number of hydrogen-bond acceptors (Lipinski definition) is 4. The highest BCUT2D eigenvalue weighted by Gasteiger charge is 2.06. The number of benzene rings is 1. The van der Waals surface area contributed by atoms with Crippen LogP contribution in [0.3, 0.4) is 0 Å². The number of methoxy groups -OCH3 is 1. The number of pyridine rings is 1. The molecule has 0 atom stereocenters. The Kier molecular flexibility index (Phi) is 4.07.